The van der Waals surface area contributed by atoms with Crippen molar-refractivity contribution in [1.29, 1.82) is 0 Å². The number of hydrazine groups is 1. The van der Waals surface area contributed by atoms with Gasteiger partial charge in [0, 0.05) is 17.6 Å². The lowest BCUT2D eigenvalue weighted by molar-refractivity contribution is 0.262. The minimum atomic E-state index is 0.217. The van der Waals surface area contributed by atoms with Crippen molar-refractivity contribution < 1.29 is 0 Å². The molecule has 94 valence electrons. The summed E-state index contributed by atoms with van der Waals surface area (Å²) in [5.74, 6) is 6.57. The maximum Gasteiger partial charge on any atom is 0.0750 e. The van der Waals surface area contributed by atoms with Crippen LogP contribution in [0.1, 0.15) is 37.3 Å². The normalized spacial score (nSPS) is 17.6. The van der Waals surface area contributed by atoms with Gasteiger partial charge >= 0.3 is 0 Å². The summed E-state index contributed by atoms with van der Waals surface area (Å²) in [7, 11) is 0. The van der Waals surface area contributed by atoms with E-state index in [2.05, 4.69) is 34.7 Å². The fourth-order valence-corrected chi connectivity index (χ4v) is 2.76. The summed E-state index contributed by atoms with van der Waals surface area (Å²) >= 11 is 0. The summed E-state index contributed by atoms with van der Waals surface area (Å²) in [4.78, 5) is 4.51. The van der Waals surface area contributed by atoms with Crippen LogP contribution in [0.2, 0.25) is 0 Å². The van der Waals surface area contributed by atoms with E-state index < -0.39 is 0 Å². The fourth-order valence-electron chi connectivity index (χ4n) is 2.76. The first-order valence-electron chi connectivity index (χ1n) is 6.68. The molecule has 1 aliphatic rings. The highest BCUT2D eigenvalue weighted by atomic mass is 15.2. The summed E-state index contributed by atoms with van der Waals surface area (Å²) < 4.78 is 0. The highest BCUT2D eigenvalue weighted by molar-refractivity contribution is 5.81. The van der Waals surface area contributed by atoms with Gasteiger partial charge in [-0.3, -0.25) is 16.3 Å². The molecule has 0 radical (unpaired) electrons. The molecule has 2 aromatic rings. The molecule has 1 heterocycles. The third-order valence-electron chi connectivity index (χ3n) is 4.03. The monoisotopic (exact) mass is 241 g/mol. The van der Waals surface area contributed by atoms with Crippen molar-refractivity contribution in [2.45, 2.75) is 31.7 Å². The SMILES string of the molecule is NNC(CC1CCC1)c1cccc2cccnc12. The van der Waals surface area contributed by atoms with Gasteiger partial charge in [-0.15, -0.1) is 0 Å². The van der Waals surface area contributed by atoms with E-state index in [1.54, 1.807) is 0 Å². The van der Waals surface area contributed by atoms with Crippen molar-refractivity contribution in [3.8, 4) is 0 Å². The number of nitrogens with zero attached hydrogens (tertiary/aromatic N) is 1. The topological polar surface area (TPSA) is 50.9 Å². The average molecular weight is 241 g/mol. The first-order chi connectivity index (χ1) is 8.88. The van der Waals surface area contributed by atoms with Gasteiger partial charge in [-0.2, -0.15) is 0 Å². The standard InChI is InChI=1S/C15H19N3/c16-18-14(10-11-4-1-5-11)13-8-2-6-12-7-3-9-17-15(12)13/h2-3,6-9,11,14,18H,1,4-5,10,16H2. The Bertz CT molecular complexity index is 529. The Balaban J connectivity index is 1.95. The largest absolute Gasteiger partial charge is 0.271 e. The van der Waals surface area contributed by atoms with E-state index in [1.807, 2.05) is 12.3 Å². The van der Waals surface area contributed by atoms with Crippen LogP contribution in [0, 0.1) is 5.92 Å². The number of hydrogen-bond donors (Lipinski definition) is 2. The van der Waals surface area contributed by atoms with Gasteiger partial charge in [-0.05, 0) is 24.0 Å². The molecular weight excluding hydrogens is 222 g/mol. The Hall–Kier alpha value is -1.45. The van der Waals surface area contributed by atoms with E-state index in [4.69, 9.17) is 5.84 Å². The predicted molar refractivity (Wildman–Crippen MR) is 73.8 cm³/mol. The smallest absolute Gasteiger partial charge is 0.0750 e. The van der Waals surface area contributed by atoms with Crippen LogP contribution in [-0.4, -0.2) is 4.98 Å². The number of benzene rings is 1. The van der Waals surface area contributed by atoms with Gasteiger partial charge < -0.3 is 0 Å². The third kappa shape index (κ3) is 2.11. The van der Waals surface area contributed by atoms with Gasteiger partial charge in [0.05, 0.1) is 5.52 Å². The Morgan fingerprint density at radius 1 is 1.28 bits per heavy atom. The van der Waals surface area contributed by atoms with Crippen molar-refractivity contribution in [3.63, 3.8) is 0 Å². The molecule has 0 aliphatic heterocycles. The maximum absolute atomic E-state index is 5.75. The van der Waals surface area contributed by atoms with E-state index in [0.717, 1.165) is 17.9 Å². The number of pyridine rings is 1. The van der Waals surface area contributed by atoms with Crippen LogP contribution in [0.3, 0.4) is 0 Å². The van der Waals surface area contributed by atoms with Crippen LogP contribution in [0.4, 0.5) is 0 Å². The van der Waals surface area contributed by atoms with Crippen LogP contribution in [0.25, 0.3) is 10.9 Å². The summed E-state index contributed by atoms with van der Waals surface area (Å²) in [6.45, 7) is 0. The van der Waals surface area contributed by atoms with Gasteiger partial charge in [0.25, 0.3) is 0 Å². The second kappa shape index (κ2) is 5.04. The van der Waals surface area contributed by atoms with Crippen molar-refractivity contribution in [2.75, 3.05) is 0 Å². The molecule has 3 nitrogen and oxygen atoms in total. The minimum absolute atomic E-state index is 0.217. The van der Waals surface area contributed by atoms with Gasteiger partial charge in [0.2, 0.25) is 0 Å². The van der Waals surface area contributed by atoms with Crippen molar-refractivity contribution in [1.82, 2.24) is 10.4 Å². The average Bonchev–Trinajstić information content (AvgIpc) is 2.38. The molecule has 1 fully saturated rings. The van der Waals surface area contributed by atoms with E-state index in [1.165, 1.54) is 30.2 Å². The third-order valence-corrected chi connectivity index (χ3v) is 4.03. The molecule has 1 saturated carbocycles. The van der Waals surface area contributed by atoms with E-state index >= 15 is 0 Å². The molecule has 3 N–H and O–H groups in total. The Morgan fingerprint density at radius 3 is 2.83 bits per heavy atom. The van der Waals surface area contributed by atoms with Gasteiger partial charge in [0.15, 0.2) is 0 Å². The predicted octanol–water partition coefficient (Wildman–Crippen LogP) is 2.93. The zero-order valence-corrected chi connectivity index (χ0v) is 10.5. The molecular formula is C15H19N3. The summed E-state index contributed by atoms with van der Waals surface area (Å²) in [5.41, 5.74) is 5.27. The maximum atomic E-state index is 5.75. The molecule has 1 aromatic heterocycles. The van der Waals surface area contributed by atoms with Gasteiger partial charge in [0.1, 0.15) is 0 Å². The molecule has 0 saturated heterocycles. The second-order valence-electron chi connectivity index (χ2n) is 5.17. The number of para-hydroxylation sites is 1. The zero-order chi connectivity index (χ0) is 12.4. The lowest BCUT2D eigenvalue weighted by Gasteiger charge is -2.29. The van der Waals surface area contributed by atoms with E-state index in [0.29, 0.717) is 0 Å². The second-order valence-corrected chi connectivity index (χ2v) is 5.17. The molecule has 3 heteroatoms. The van der Waals surface area contributed by atoms with Crippen LogP contribution >= 0.6 is 0 Å². The molecule has 3 rings (SSSR count). The van der Waals surface area contributed by atoms with Crippen LogP contribution in [0.5, 0.6) is 0 Å². The Morgan fingerprint density at radius 2 is 2.11 bits per heavy atom. The zero-order valence-electron chi connectivity index (χ0n) is 10.5. The van der Waals surface area contributed by atoms with E-state index in [9.17, 15) is 0 Å². The molecule has 1 unspecified atom stereocenters. The number of aromatic nitrogens is 1. The number of rotatable bonds is 4. The highest BCUT2D eigenvalue weighted by Crippen LogP contribution is 2.35. The molecule has 1 aromatic carbocycles. The van der Waals surface area contributed by atoms with E-state index in [-0.39, 0.29) is 6.04 Å². The lowest BCUT2D eigenvalue weighted by atomic mass is 9.79. The molecule has 0 bridgehead atoms. The number of hydrogen-bond acceptors (Lipinski definition) is 3. The molecule has 0 spiro atoms. The Labute approximate surface area is 107 Å². The van der Waals surface area contributed by atoms with Gasteiger partial charge in [-0.1, -0.05) is 43.5 Å². The molecule has 1 aliphatic carbocycles. The fraction of sp³-hybridized carbons (Fsp3) is 0.400. The van der Waals surface area contributed by atoms with Crippen LogP contribution < -0.4 is 11.3 Å². The van der Waals surface area contributed by atoms with Crippen molar-refractivity contribution >= 4 is 10.9 Å². The quantitative estimate of drug-likeness (QED) is 0.639. The van der Waals surface area contributed by atoms with Crippen LogP contribution in [-0.2, 0) is 0 Å². The van der Waals surface area contributed by atoms with Gasteiger partial charge in [-0.25, -0.2) is 0 Å². The highest BCUT2D eigenvalue weighted by Gasteiger charge is 2.23. The lowest BCUT2D eigenvalue weighted by Crippen LogP contribution is -2.31. The number of nitrogens with two attached hydrogens (primary N) is 1. The molecule has 18 heavy (non-hydrogen) atoms. The minimum Gasteiger partial charge on any atom is -0.271 e. The van der Waals surface area contributed by atoms with Crippen molar-refractivity contribution in [3.05, 3.63) is 42.1 Å². The summed E-state index contributed by atoms with van der Waals surface area (Å²) in [6.07, 6.45) is 7.03. The van der Waals surface area contributed by atoms with Crippen molar-refractivity contribution in [2.24, 2.45) is 11.8 Å². The summed E-state index contributed by atoms with van der Waals surface area (Å²) in [5, 5.41) is 1.18. The number of fused-ring (bicyclic) bond motifs is 1. The summed E-state index contributed by atoms with van der Waals surface area (Å²) in [6, 6.07) is 10.6. The first kappa shape index (κ1) is 11.6. The number of nitrogens with one attached hydrogen (secondary N) is 1. The molecule has 1 atom stereocenters. The van der Waals surface area contributed by atoms with Crippen LogP contribution in [0.15, 0.2) is 36.5 Å². The first-order valence-corrected chi connectivity index (χ1v) is 6.68. The molecule has 0 amide bonds. The Kier molecular flexibility index (Phi) is 3.26.